The zero-order valence-corrected chi connectivity index (χ0v) is 6.84. The molecule has 0 radical (unpaired) electrons. The van der Waals surface area contributed by atoms with Gasteiger partial charge in [-0.1, -0.05) is 6.92 Å². The van der Waals surface area contributed by atoms with E-state index in [2.05, 4.69) is 11.8 Å². The van der Waals surface area contributed by atoms with Gasteiger partial charge >= 0.3 is 0 Å². The molecule has 1 rings (SSSR count). The monoisotopic (exact) mass is 142 g/mol. The van der Waals surface area contributed by atoms with Gasteiger partial charge in [0.15, 0.2) is 0 Å². The van der Waals surface area contributed by atoms with E-state index in [-0.39, 0.29) is 0 Å². The van der Waals surface area contributed by atoms with Gasteiger partial charge in [0.2, 0.25) is 0 Å². The predicted octanol–water partition coefficient (Wildman–Crippen LogP) is 0.677. The van der Waals surface area contributed by atoms with E-state index in [1.807, 2.05) is 0 Å². The van der Waals surface area contributed by atoms with Crippen LogP contribution in [-0.4, -0.2) is 31.1 Å². The molecule has 0 bridgehead atoms. The Hall–Kier alpha value is -0.0800. The maximum absolute atomic E-state index is 5.52. The average molecular weight is 142 g/mol. The number of hydrogen-bond donors (Lipinski definition) is 1. The summed E-state index contributed by atoms with van der Waals surface area (Å²) in [6, 6.07) is 0. The highest BCUT2D eigenvalue weighted by Gasteiger charge is 2.12. The van der Waals surface area contributed by atoms with Gasteiger partial charge in [0.1, 0.15) is 0 Å². The second-order valence-corrected chi connectivity index (χ2v) is 3.35. The third-order valence-electron chi connectivity index (χ3n) is 2.17. The van der Waals surface area contributed by atoms with Crippen molar-refractivity contribution in [3.63, 3.8) is 0 Å². The Morgan fingerprint density at radius 2 is 2.00 bits per heavy atom. The van der Waals surface area contributed by atoms with E-state index >= 15 is 0 Å². The third kappa shape index (κ3) is 2.27. The maximum Gasteiger partial charge on any atom is 0.00191 e. The van der Waals surface area contributed by atoms with E-state index in [0.29, 0.717) is 5.92 Å². The molecule has 2 nitrogen and oxygen atoms in total. The molecule has 0 spiro atoms. The lowest BCUT2D eigenvalue weighted by Crippen LogP contribution is -2.29. The van der Waals surface area contributed by atoms with Gasteiger partial charge in [-0.3, -0.25) is 0 Å². The van der Waals surface area contributed by atoms with Crippen molar-refractivity contribution in [3.8, 4) is 0 Å². The lowest BCUT2D eigenvalue weighted by molar-refractivity contribution is 0.291. The Labute approximate surface area is 63.4 Å². The number of rotatable bonds is 3. The van der Waals surface area contributed by atoms with E-state index in [9.17, 15) is 0 Å². The Bertz CT molecular complexity index is 87.3. The Morgan fingerprint density at radius 1 is 1.40 bits per heavy atom. The van der Waals surface area contributed by atoms with Gasteiger partial charge < -0.3 is 10.6 Å². The fraction of sp³-hybridized carbons (Fsp3) is 1.00. The van der Waals surface area contributed by atoms with Crippen LogP contribution >= 0.6 is 0 Å². The molecule has 0 amide bonds. The van der Waals surface area contributed by atoms with Gasteiger partial charge in [-0.25, -0.2) is 0 Å². The van der Waals surface area contributed by atoms with Crippen molar-refractivity contribution in [2.75, 3.05) is 26.2 Å². The molecule has 2 N–H and O–H groups in total. The first-order chi connectivity index (χ1) is 4.83. The van der Waals surface area contributed by atoms with Gasteiger partial charge in [0, 0.05) is 6.54 Å². The number of likely N-dealkylation sites (tertiary alicyclic amines) is 1. The van der Waals surface area contributed by atoms with Crippen LogP contribution in [0, 0.1) is 5.92 Å². The summed E-state index contributed by atoms with van der Waals surface area (Å²) < 4.78 is 0. The van der Waals surface area contributed by atoms with Crippen LogP contribution in [0.15, 0.2) is 0 Å². The molecular formula is C8H18N2. The first kappa shape index (κ1) is 8.02. The van der Waals surface area contributed by atoms with Crippen LogP contribution < -0.4 is 5.73 Å². The van der Waals surface area contributed by atoms with E-state index in [4.69, 9.17) is 5.73 Å². The molecule has 0 aromatic rings. The number of nitrogens with two attached hydrogens (primary N) is 1. The molecule has 0 aromatic carbocycles. The molecule has 0 saturated carbocycles. The van der Waals surface area contributed by atoms with Gasteiger partial charge in [0.25, 0.3) is 0 Å². The first-order valence-electron chi connectivity index (χ1n) is 4.25. The summed E-state index contributed by atoms with van der Waals surface area (Å²) in [7, 11) is 0. The number of nitrogens with zero attached hydrogens (tertiary/aromatic N) is 1. The molecule has 60 valence electrons. The van der Waals surface area contributed by atoms with Crippen molar-refractivity contribution in [2.24, 2.45) is 11.7 Å². The van der Waals surface area contributed by atoms with Crippen LogP contribution in [-0.2, 0) is 0 Å². The lowest BCUT2D eigenvalue weighted by Gasteiger charge is -2.18. The molecule has 1 aliphatic heterocycles. The van der Waals surface area contributed by atoms with Gasteiger partial charge in [-0.05, 0) is 38.4 Å². The predicted molar refractivity (Wildman–Crippen MR) is 43.9 cm³/mol. The molecular weight excluding hydrogens is 124 g/mol. The Kier molecular flexibility index (Phi) is 3.16. The summed E-state index contributed by atoms with van der Waals surface area (Å²) in [5.74, 6) is 0.679. The smallest absolute Gasteiger partial charge is 0.00191 e. The van der Waals surface area contributed by atoms with E-state index in [1.165, 1.54) is 32.5 Å². The summed E-state index contributed by atoms with van der Waals surface area (Å²) in [6.45, 7) is 6.85. The van der Waals surface area contributed by atoms with Crippen LogP contribution in [0.4, 0.5) is 0 Å². The van der Waals surface area contributed by atoms with E-state index < -0.39 is 0 Å². The van der Waals surface area contributed by atoms with Gasteiger partial charge in [0.05, 0.1) is 0 Å². The number of hydrogen-bond acceptors (Lipinski definition) is 2. The normalized spacial score (nSPS) is 23.4. The summed E-state index contributed by atoms with van der Waals surface area (Å²) in [5, 5.41) is 0. The highest BCUT2D eigenvalue weighted by molar-refractivity contribution is 4.68. The largest absolute Gasteiger partial charge is 0.330 e. The molecule has 10 heavy (non-hydrogen) atoms. The summed E-state index contributed by atoms with van der Waals surface area (Å²) in [4.78, 5) is 2.51. The van der Waals surface area contributed by atoms with E-state index in [0.717, 1.165) is 6.54 Å². The zero-order chi connectivity index (χ0) is 7.40. The molecule has 1 unspecified atom stereocenters. The summed E-state index contributed by atoms with van der Waals surface area (Å²) in [5.41, 5.74) is 5.52. The highest BCUT2D eigenvalue weighted by atomic mass is 15.1. The quantitative estimate of drug-likeness (QED) is 0.628. The van der Waals surface area contributed by atoms with Crippen molar-refractivity contribution >= 4 is 0 Å². The first-order valence-corrected chi connectivity index (χ1v) is 4.25. The fourth-order valence-corrected chi connectivity index (χ4v) is 1.48. The minimum atomic E-state index is 0.679. The molecule has 1 heterocycles. The minimum absolute atomic E-state index is 0.679. The van der Waals surface area contributed by atoms with Crippen molar-refractivity contribution in [2.45, 2.75) is 19.8 Å². The lowest BCUT2D eigenvalue weighted by atomic mass is 10.2. The summed E-state index contributed by atoms with van der Waals surface area (Å²) >= 11 is 0. The molecule has 1 saturated heterocycles. The van der Waals surface area contributed by atoms with E-state index in [1.54, 1.807) is 0 Å². The zero-order valence-electron chi connectivity index (χ0n) is 6.84. The summed E-state index contributed by atoms with van der Waals surface area (Å²) in [6.07, 6.45) is 2.77. The molecule has 0 aromatic heterocycles. The van der Waals surface area contributed by atoms with Crippen molar-refractivity contribution in [3.05, 3.63) is 0 Å². The molecule has 1 aliphatic rings. The second kappa shape index (κ2) is 3.94. The van der Waals surface area contributed by atoms with Crippen molar-refractivity contribution < 1.29 is 0 Å². The van der Waals surface area contributed by atoms with Crippen LogP contribution in [0.2, 0.25) is 0 Å². The van der Waals surface area contributed by atoms with Crippen molar-refractivity contribution in [1.29, 1.82) is 0 Å². The molecule has 1 atom stereocenters. The maximum atomic E-state index is 5.52. The Morgan fingerprint density at radius 3 is 2.50 bits per heavy atom. The highest BCUT2D eigenvalue weighted by Crippen LogP contribution is 2.08. The third-order valence-corrected chi connectivity index (χ3v) is 2.17. The SMILES string of the molecule is CC(CN)CN1CCCC1. The van der Waals surface area contributed by atoms with Crippen LogP contribution in [0.3, 0.4) is 0 Å². The Balaban J connectivity index is 2.11. The second-order valence-electron chi connectivity index (χ2n) is 3.35. The van der Waals surface area contributed by atoms with Gasteiger partial charge in [-0.15, -0.1) is 0 Å². The molecule has 0 aliphatic carbocycles. The average Bonchev–Trinajstić information content (AvgIpc) is 2.40. The topological polar surface area (TPSA) is 29.3 Å². The molecule has 2 heteroatoms. The van der Waals surface area contributed by atoms with Crippen LogP contribution in [0.25, 0.3) is 0 Å². The minimum Gasteiger partial charge on any atom is -0.330 e. The molecule has 1 fully saturated rings. The fourth-order valence-electron chi connectivity index (χ4n) is 1.48. The van der Waals surface area contributed by atoms with Gasteiger partial charge in [-0.2, -0.15) is 0 Å². The standard InChI is InChI=1S/C8H18N2/c1-8(6-9)7-10-4-2-3-5-10/h8H,2-7,9H2,1H3. The van der Waals surface area contributed by atoms with Crippen molar-refractivity contribution in [1.82, 2.24) is 4.90 Å². The van der Waals surface area contributed by atoms with Crippen LogP contribution in [0.5, 0.6) is 0 Å². The van der Waals surface area contributed by atoms with Crippen LogP contribution in [0.1, 0.15) is 19.8 Å².